The molecule has 0 fully saturated rings. The van der Waals surface area contributed by atoms with Crippen LogP contribution in [0.15, 0.2) is 24.3 Å². The van der Waals surface area contributed by atoms with Gasteiger partial charge in [0.25, 0.3) is 0 Å². The fourth-order valence-corrected chi connectivity index (χ4v) is 2.92. The molecular formula is C15H22O. The Balaban J connectivity index is 2.06. The van der Waals surface area contributed by atoms with Crippen molar-refractivity contribution in [1.29, 1.82) is 0 Å². The minimum Gasteiger partial charge on any atom is -0.388 e. The lowest BCUT2D eigenvalue weighted by Crippen LogP contribution is -2.12. The molecule has 0 aliphatic heterocycles. The Morgan fingerprint density at radius 3 is 2.56 bits per heavy atom. The van der Waals surface area contributed by atoms with E-state index in [-0.39, 0.29) is 6.10 Å². The van der Waals surface area contributed by atoms with Crippen LogP contribution in [0.4, 0.5) is 0 Å². The first-order valence-electron chi connectivity index (χ1n) is 6.52. The maximum atomic E-state index is 10.3. The Bertz CT molecular complexity index is 341. The Morgan fingerprint density at radius 2 is 1.94 bits per heavy atom. The van der Waals surface area contributed by atoms with Crippen molar-refractivity contribution in [1.82, 2.24) is 0 Å². The molecule has 0 heterocycles. The average molecular weight is 218 g/mol. The molecule has 0 saturated carbocycles. The second-order valence-corrected chi connectivity index (χ2v) is 5.03. The summed E-state index contributed by atoms with van der Waals surface area (Å²) < 4.78 is 0. The van der Waals surface area contributed by atoms with Crippen molar-refractivity contribution in [2.24, 2.45) is 11.8 Å². The van der Waals surface area contributed by atoms with Gasteiger partial charge >= 0.3 is 0 Å². The Kier molecular flexibility index (Phi) is 3.65. The molecule has 1 aromatic rings. The van der Waals surface area contributed by atoms with E-state index in [1.54, 1.807) is 0 Å². The van der Waals surface area contributed by atoms with Gasteiger partial charge in [-0.15, -0.1) is 0 Å². The normalized spacial score (nSPS) is 23.8. The van der Waals surface area contributed by atoms with Crippen molar-refractivity contribution in [3.63, 3.8) is 0 Å². The summed E-state index contributed by atoms with van der Waals surface area (Å²) in [6, 6.07) is 8.34. The highest BCUT2D eigenvalue weighted by Crippen LogP contribution is 2.40. The van der Waals surface area contributed by atoms with Crippen LogP contribution >= 0.6 is 0 Å². The fourth-order valence-electron chi connectivity index (χ4n) is 2.92. The van der Waals surface area contributed by atoms with E-state index in [9.17, 15) is 5.11 Å². The number of benzene rings is 1. The molecule has 0 amide bonds. The van der Waals surface area contributed by atoms with E-state index in [0.29, 0.717) is 5.92 Å². The van der Waals surface area contributed by atoms with Gasteiger partial charge in [-0.05, 0) is 35.8 Å². The van der Waals surface area contributed by atoms with E-state index in [1.165, 1.54) is 30.4 Å². The molecule has 0 radical (unpaired) electrons. The van der Waals surface area contributed by atoms with Gasteiger partial charge in [0.1, 0.15) is 0 Å². The standard InChI is InChI=1S/C15H22O/c1-3-11(4-2)9-13-10-12-7-5-6-8-14(12)15(13)16/h5-8,11,13,15-16H,3-4,9-10H2,1-2H3. The van der Waals surface area contributed by atoms with Gasteiger partial charge in [0.2, 0.25) is 0 Å². The number of aliphatic hydroxyl groups is 1. The molecule has 1 heteroatoms. The fraction of sp³-hybridized carbons (Fsp3) is 0.600. The first-order chi connectivity index (χ1) is 7.76. The predicted octanol–water partition coefficient (Wildman–Crippen LogP) is 3.72. The molecule has 0 spiro atoms. The summed E-state index contributed by atoms with van der Waals surface area (Å²) in [5.74, 6) is 1.22. The van der Waals surface area contributed by atoms with Crippen LogP contribution in [0, 0.1) is 11.8 Å². The summed E-state index contributed by atoms with van der Waals surface area (Å²) in [4.78, 5) is 0. The summed E-state index contributed by atoms with van der Waals surface area (Å²) >= 11 is 0. The zero-order valence-corrected chi connectivity index (χ0v) is 10.3. The summed E-state index contributed by atoms with van der Waals surface area (Å²) in [6.07, 6.45) is 4.47. The average Bonchev–Trinajstić information content (AvgIpc) is 2.64. The zero-order chi connectivity index (χ0) is 11.5. The van der Waals surface area contributed by atoms with Gasteiger partial charge < -0.3 is 5.11 Å². The van der Waals surface area contributed by atoms with E-state index in [2.05, 4.69) is 32.0 Å². The molecule has 1 N–H and O–H groups in total. The first-order valence-corrected chi connectivity index (χ1v) is 6.52. The predicted molar refractivity (Wildman–Crippen MR) is 67.3 cm³/mol. The molecule has 1 aromatic carbocycles. The van der Waals surface area contributed by atoms with Gasteiger partial charge in [-0.25, -0.2) is 0 Å². The number of aliphatic hydroxyl groups excluding tert-OH is 1. The molecule has 2 rings (SSSR count). The van der Waals surface area contributed by atoms with Gasteiger partial charge in [-0.1, -0.05) is 51.0 Å². The third kappa shape index (κ3) is 2.15. The van der Waals surface area contributed by atoms with Crippen molar-refractivity contribution >= 4 is 0 Å². The topological polar surface area (TPSA) is 20.2 Å². The van der Waals surface area contributed by atoms with Gasteiger partial charge in [0.15, 0.2) is 0 Å². The van der Waals surface area contributed by atoms with Crippen LogP contribution in [-0.4, -0.2) is 5.11 Å². The highest BCUT2D eigenvalue weighted by Gasteiger charge is 2.31. The van der Waals surface area contributed by atoms with Crippen LogP contribution in [0.25, 0.3) is 0 Å². The molecular weight excluding hydrogens is 196 g/mol. The Labute approximate surface area is 98.5 Å². The molecule has 2 atom stereocenters. The molecule has 88 valence electrons. The molecule has 1 aliphatic rings. The van der Waals surface area contributed by atoms with Crippen molar-refractivity contribution < 1.29 is 5.11 Å². The number of rotatable bonds is 4. The van der Waals surface area contributed by atoms with Crippen LogP contribution in [0.2, 0.25) is 0 Å². The number of fused-ring (bicyclic) bond motifs is 1. The molecule has 2 unspecified atom stereocenters. The second kappa shape index (κ2) is 5.01. The maximum absolute atomic E-state index is 10.3. The van der Waals surface area contributed by atoms with Crippen molar-refractivity contribution in [2.45, 2.75) is 45.6 Å². The molecule has 0 saturated heterocycles. The van der Waals surface area contributed by atoms with Crippen LogP contribution in [-0.2, 0) is 6.42 Å². The summed E-state index contributed by atoms with van der Waals surface area (Å²) in [6.45, 7) is 4.51. The zero-order valence-electron chi connectivity index (χ0n) is 10.3. The highest BCUT2D eigenvalue weighted by molar-refractivity contribution is 5.34. The first kappa shape index (κ1) is 11.7. The molecule has 1 nitrogen and oxygen atoms in total. The lowest BCUT2D eigenvalue weighted by atomic mass is 9.88. The van der Waals surface area contributed by atoms with Crippen LogP contribution < -0.4 is 0 Å². The van der Waals surface area contributed by atoms with Crippen molar-refractivity contribution in [3.8, 4) is 0 Å². The van der Waals surface area contributed by atoms with Gasteiger partial charge in [-0.3, -0.25) is 0 Å². The van der Waals surface area contributed by atoms with E-state index in [0.717, 1.165) is 12.3 Å². The smallest absolute Gasteiger partial charge is 0.0824 e. The summed E-state index contributed by atoms with van der Waals surface area (Å²) in [5.41, 5.74) is 2.52. The minimum absolute atomic E-state index is 0.225. The largest absolute Gasteiger partial charge is 0.388 e. The van der Waals surface area contributed by atoms with E-state index in [4.69, 9.17) is 0 Å². The van der Waals surface area contributed by atoms with Gasteiger partial charge in [-0.2, -0.15) is 0 Å². The van der Waals surface area contributed by atoms with Crippen molar-refractivity contribution in [3.05, 3.63) is 35.4 Å². The summed E-state index contributed by atoms with van der Waals surface area (Å²) in [7, 11) is 0. The minimum atomic E-state index is -0.225. The lowest BCUT2D eigenvalue weighted by Gasteiger charge is -2.20. The van der Waals surface area contributed by atoms with Gasteiger partial charge in [0, 0.05) is 0 Å². The van der Waals surface area contributed by atoms with E-state index >= 15 is 0 Å². The van der Waals surface area contributed by atoms with Crippen LogP contribution in [0.1, 0.15) is 50.3 Å². The molecule has 0 aromatic heterocycles. The number of hydrogen-bond donors (Lipinski definition) is 1. The highest BCUT2D eigenvalue weighted by atomic mass is 16.3. The Hall–Kier alpha value is -0.820. The van der Waals surface area contributed by atoms with Crippen LogP contribution in [0.5, 0.6) is 0 Å². The third-order valence-electron chi connectivity index (χ3n) is 4.09. The number of hydrogen-bond acceptors (Lipinski definition) is 1. The Morgan fingerprint density at radius 1 is 1.25 bits per heavy atom. The monoisotopic (exact) mass is 218 g/mol. The molecule has 1 aliphatic carbocycles. The lowest BCUT2D eigenvalue weighted by molar-refractivity contribution is 0.106. The van der Waals surface area contributed by atoms with Crippen LogP contribution in [0.3, 0.4) is 0 Å². The summed E-state index contributed by atoms with van der Waals surface area (Å²) in [5, 5.41) is 10.3. The van der Waals surface area contributed by atoms with E-state index < -0.39 is 0 Å². The quantitative estimate of drug-likeness (QED) is 0.816. The van der Waals surface area contributed by atoms with Gasteiger partial charge in [0.05, 0.1) is 6.10 Å². The third-order valence-corrected chi connectivity index (χ3v) is 4.09. The molecule has 16 heavy (non-hydrogen) atoms. The van der Waals surface area contributed by atoms with Crippen molar-refractivity contribution in [2.75, 3.05) is 0 Å². The molecule has 0 bridgehead atoms. The maximum Gasteiger partial charge on any atom is 0.0824 e. The SMILES string of the molecule is CCC(CC)CC1Cc2ccccc2C1O. The van der Waals surface area contributed by atoms with E-state index in [1.807, 2.05) is 6.07 Å². The second-order valence-electron chi connectivity index (χ2n) is 5.03.